The number of rotatable bonds is 8. The van der Waals surface area contributed by atoms with E-state index in [2.05, 4.69) is 20.6 Å². The van der Waals surface area contributed by atoms with E-state index in [-0.39, 0.29) is 29.8 Å². The minimum Gasteiger partial charge on any atom is -0.381 e. The first-order valence-electron chi connectivity index (χ1n) is 9.65. The number of hydrogen-bond acceptors (Lipinski definition) is 3. The van der Waals surface area contributed by atoms with Gasteiger partial charge in [0.2, 0.25) is 0 Å². The Morgan fingerprint density at radius 2 is 2.07 bits per heavy atom. The number of aromatic nitrogens is 1. The molecular weight excluding hydrogens is 474 g/mol. The number of aliphatic imine (C=N–C) groups is 1. The summed E-state index contributed by atoms with van der Waals surface area (Å²) >= 11 is 0. The number of nitrogens with zero attached hydrogens (tertiary/aromatic N) is 1. The van der Waals surface area contributed by atoms with Crippen LogP contribution >= 0.6 is 24.0 Å². The molecule has 156 valence electrons. The van der Waals surface area contributed by atoms with Gasteiger partial charge < -0.3 is 25.1 Å². The first kappa shape index (κ1) is 22.9. The van der Waals surface area contributed by atoms with Crippen LogP contribution in [0.3, 0.4) is 0 Å². The second kappa shape index (κ2) is 12.2. The maximum Gasteiger partial charge on any atom is 0.190 e. The minimum atomic E-state index is -0.211. The van der Waals surface area contributed by atoms with E-state index in [1.807, 2.05) is 6.20 Å². The lowest BCUT2D eigenvalue weighted by molar-refractivity contribution is -0.0320. The van der Waals surface area contributed by atoms with E-state index in [0.717, 1.165) is 81.0 Å². The SMILES string of the molecule is CN=C(NCCCOC1CCOCC1)NCCc1c[nH]c2ccc(F)cc12.I. The molecule has 2 aromatic rings. The van der Waals surface area contributed by atoms with Crippen molar-refractivity contribution >= 4 is 40.8 Å². The quantitative estimate of drug-likeness (QED) is 0.224. The molecule has 0 atom stereocenters. The fourth-order valence-corrected chi connectivity index (χ4v) is 3.27. The van der Waals surface area contributed by atoms with E-state index in [9.17, 15) is 4.39 Å². The van der Waals surface area contributed by atoms with Gasteiger partial charge in [-0.25, -0.2) is 4.39 Å². The lowest BCUT2D eigenvalue weighted by Crippen LogP contribution is -2.39. The highest BCUT2D eigenvalue weighted by Gasteiger charge is 2.13. The third-order valence-electron chi connectivity index (χ3n) is 4.78. The average Bonchev–Trinajstić information content (AvgIpc) is 3.09. The van der Waals surface area contributed by atoms with E-state index in [1.54, 1.807) is 19.2 Å². The van der Waals surface area contributed by atoms with Gasteiger partial charge in [-0.15, -0.1) is 24.0 Å². The summed E-state index contributed by atoms with van der Waals surface area (Å²) in [5.41, 5.74) is 2.05. The standard InChI is InChI=1S/C20H29FN4O2.HI/c1-22-20(23-8-2-10-27-17-6-11-26-12-7-17)24-9-5-15-14-25-19-4-3-16(21)13-18(15)19;/h3-4,13-14,17,25H,2,5-12H2,1H3,(H2,22,23,24);1H. The van der Waals surface area contributed by atoms with Crippen LogP contribution in [0.2, 0.25) is 0 Å². The number of H-pyrrole nitrogens is 1. The van der Waals surface area contributed by atoms with Crippen molar-refractivity contribution in [2.75, 3.05) is 40.0 Å². The smallest absolute Gasteiger partial charge is 0.190 e. The van der Waals surface area contributed by atoms with Gasteiger partial charge in [-0.05, 0) is 49.4 Å². The Balaban J connectivity index is 0.00000280. The number of ether oxygens (including phenoxy) is 2. The van der Waals surface area contributed by atoms with E-state index in [0.29, 0.717) is 6.10 Å². The molecule has 8 heteroatoms. The summed E-state index contributed by atoms with van der Waals surface area (Å²) in [6.45, 7) is 3.89. The van der Waals surface area contributed by atoms with Crippen molar-refractivity contribution in [2.45, 2.75) is 31.8 Å². The van der Waals surface area contributed by atoms with Gasteiger partial charge in [0, 0.05) is 57.1 Å². The summed E-state index contributed by atoms with van der Waals surface area (Å²) in [5, 5.41) is 7.54. The second-order valence-electron chi connectivity index (χ2n) is 6.72. The molecule has 3 rings (SSSR count). The minimum absolute atomic E-state index is 0. The summed E-state index contributed by atoms with van der Waals surface area (Å²) in [6.07, 6.45) is 5.99. The fraction of sp³-hybridized carbons (Fsp3) is 0.550. The number of benzene rings is 1. The van der Waals surface area contributed by atoms with Gasteiger partial charge in [-0.1, -0.05) is 0 Å². The largest absolute Gasteiger partial charge is 0.381 e. The first-order valence-corrected chi connectivity index (χ1v) is 9.65. The molecule has 0 unspecified atom stereocenters. The zero-order valence-electron chi connectivity index (χ0n) is 16.3. The van der Waals surface area contributed by atoms with Crippen LogP contribution in [0.25, 0.3) is 10.9 Å². The van der Waals surface area contributed by atoms with Gasteiger partial charge in [-0.2, -0.15) is 0 Å². The summed E-state index contributed by atoms with van der Waals surface area (Å²) in [6, 6.07) is 4.82. The molecule has 0 spiro atoms. The van der Waals surface area contributed by atoms with Crippen molar-refractivity contribution in [1.29, 1.82) is 0 Å². The molecule has 0 radical (unpaired) electrons. The van der Waals surface area contributed by atoms with Gasteiger partial charge in [0.1, 0.15) is 5.82 Å². The van der Waals surface area contributed by atoms with Crippen LogP contribution in [0.15, 0.2) is 29.4 Å². The van der Waals surface area contributed by atoms with Crippen LogP contribution in [-0.4, -0.2) is 57.0 Å². The first-order chi connectivity index (χ1) is 13.3. The summed E-state index contributed by atoms with van der Waals surface area (Å²) < 4.78 is 24.6. The Bertz CT molecular complexity index is 747. The molecule has 0 aliphatic carbocycles. The number of nitrogens with one attached hydrogen (secondary N) is 3. The van der Waals surface area contributed by atoms with Crippen molar-refractivity contribution in [3.8, 4) is 0 Å². The molecule has 1 aromatic carbocycles. The van der Waals surface area contributed by atoms with Gasteiger partial charge in [-0.3, -0.25) is 4.99 Å². The van der Waals surface area contributed by atoms with Gasteiger partial charge in [0.15, 0.2) is 5.96 Å². The number of guanidine groups is 1. The lowest BCUT2D eigenvalue weighted by atomic mass is 10.1. The predicted octanol–water partition coefficient (Wildman–Crippen LogP) is 3.22. The van der Waals surface area contributed by atoms with Gasteiger partial charge >= 0.3 is 0 Å². The second-order valence-corrected chi connectivity index (χ2v) is 6.72. The Morgan fingerprint density at radius 1 is 1.29 bits per heavy atom. The Labute approximate surface area is 182 Å². The summed E-state index contributed by atoms with van der Waals surface area (Å²) in [7, 11) is 1.76. The van der Waals surface area contributed by atoms with E-state index >= 15 is 0 Å². The zero-order valence-corrected chi connectivity index (χ0v) is 18.6. The Hall–Kier alpha value is -1.39. The molecule has 1 aromatic heterocycles. The van der Waals surface area contributed by atoms with Crippen LogP contribution in [0.1, 0.15) is 24.8 Å². The maximum absolute atomic E-state index is 13.4. The maximum atomic E-state index is 13.4. The molecule has 1 fully saturated rings. The van der Waals surface area contributed by atoms with Crippen LogP contribution in [0, 0.1) is 5.82 Å². The third kappa shape index (κ3) is 6.89. The van der Waals surface area contributed by atoms with Crippen molar-refractivity contribution in [1.82, 2.24) is 15.6 Å². The zero-order chi connectivity index (χ0) is 18.9. The van der Waals surface area contributed by atoms with Crippen molar-refractivity contribution < 1.29 is 13.9 Å². The van der Waals surface area contributed by atoms with E-state index in [1.165, 1.54) is 6.07 Å². The van der Waals surface area contributed by atoms with E-state index in [4.69, 9.17) is 9.47 Å². The number of halogens is 2. The average molecular weight is 504 g/mol. The van der Waals surface area contributed by atoms with Crippen LogP contribution in [0.4, 0.5) is 4.39 Å². The van der Waals surface area contributed by atoms with Crippen molar-refractivity contribution in [3.05, 3.63) is 35.8 Å². The van der Waals surface area contributed by atoms with Crippen LogP contribution in [0.5, 0.6) is 0 Å². The third-order valence-corrected chi connectivity index (χ3v) is 4.78. The highest BCUT2D eigenvalue weighted by molar-refractivity contribution is 14.0. The number of aromatic amines is 1. The molecule has 3 N–H and O–H groups in total. The summed E-state index contributed by atoms with van der Waals surface area (Å²) in [5.74, 6) is 0.559. The Morgan fingerprint density at radius 3 is 2.86 bits per heavy atom. The lowest BCUT2D eigenvalue weighted by Gasteiger charge is -2.22. The molecule has 1 saturated heterocycles. The topological polar surface area (TPSA) is 70.7 Å². The van der Waals surface area contributed by atoms with Crippen LogP contribution in [-0.2, 0) is 15.9 Å². The van der Waals surface area contributed by atoms with Crippen LogP contribution < -0.4 is 10.6 Å². The Kier molecular flexibility index (Phi) is 10.0. The highest BCUT2D eigenvalue weighted by Crippen LogP contribution is 2.19. The molecule has 1 aliphatic heterocycles. The number of fused-ring (bicyclic) bond motifs is 1. The highest BCUT2D eigenvalue weighted by atomic mass is 127. The molecular formula is C20H30FIN4O2. The molecule has 6 nitrogen and oxygen atoms in total. The molecule has 0 amide bonds. The predicted molar refractivity (Wildman–Crippen MR) is 121 cm³/mol. The molecule has 0 bridgehead atoms. The van der Waals surface area contributed by atoms with E-state index < -0.39 is 0 Å². The van der Waals surface area contributed by atoms with Gasteiger partial charge in [0.05, 0.1) is 6.10 Å². The normalized spacial score (nSPS) is 15.4. The molecule has 1 aliphatic rings. The molecule has 0 saturated carbocycles. The summed E-state index contributed by atoms with van der Waals surface area (Å²) in [4.78, 5) is 7.42. The number of hydrogen-bond donors (Lipinski definition) is 3. The van der Waals surface area contributed by atoms with Crippen molar-refractivity contribution in [3.63, 3.8) is 0 Å². The molecule has 28 heavy (non-hydrogen) atoms. The fourth-order valence-electron chi connectivity index (χ4n) is 3.27. The van der Waals surface area contributed by atoms with Crippen molar-refractivity contribution in [2.24, 2.45) is 4.99 Å². The molecule has 2 heterocycles. The van der Waals surface area contributed by atoms with Gasteiger partial charge in [0.25, 0.3) is 0 Å². The monoisotopic (exact) mass is 504 g/mol.